The summed E-state index contributed by atoms with van der Waals surface area (Å²) in [5.74, 6) is -1.13. The summed E-state index contributed by atoms with van der Waals surface area (Å²) in [6.45, 7) is 0. The van der Waals surface area contributed by atoms with Gasteiger partial charge in [-0.15, -0.1) is 0 Å². The normalized spacial score (nSPS) is 10.2. The van der Waals surface area contributed by atoms with E-state index in [0.29, 0.717) is 5.69 Å². The maximum Gasteiger partial charge on any atom is 0.353 e. The molecule has 0 atom stereocenters. The molecule has 1 aromatic heterocycles. The minimum atomic E-state index is -1.20. The van der Waals surface area contributed by atoms with Gasteiger partial charge in [-0.25, -0.2) is 9.48 Å². The van der Waals surface area contributed by atoms with Gasteiger partial charge in [0.05, 0.1) is 5.69 Å². The summed E-state index contributed by atoms with van der Waals surface area (Å²) in [6, 6.07) is 6.80. The number of carbonyl (C=O) groups is 1. The predicted molar refractivity (Wildman–Crippen MR) is 55.0 cm³/mol. The van der Waals surface area contributed by atoms with E-state index in [-0.39, 0.29) is 11.4 Å². The average molecular weight is 220 g/mol. The van der Waals surface area contributed by atoms with E-state index in [1.54, 1.807) is 0 Å². The number of benzene rings is 1. The smallest absolute Gasteiger partial charge is 0.353 e. The topological polar surface area (TPSA) is 95.3 Å². The van der Waals surface area contributed by atoms with Crippen molar-refractivity contribution in [3.63, 3.8) is 0 Å². The van der Waals surface area contributed by atoms with Crippen LogP contribution in [0.4, 0.5) is 0 Å². The lowest BCUT2D eigenvalue weighted by Gasteiger charge is -2.00. The first-order valence-electron chi connectivity index (χ1n) is 4.42. The lowest BCUT2D eigenvalue weighted by atomic mass is 10.3. The van der Waals surface area contributed by atoms with Crippen LogP contribution in [0.15, 0.2) is 35.1 Å². The Kier molecular flexibility index (Phi) is 2.24. The van der Waals surface area contributed by atoms with E-state index >= 15 is 0 Å². The number of hydrogen-bond donors (Lipinski definition) is 3. The number of phenolic OH excluding ortho intramolecular Hbond substituents is 1. The summed E-state index contributed by atoms with van der Waals surface area (Å²) in [5.41, 5.74) is -0.198. The standard InChI is InChI=1S/C10H8N2O4/c13-7-3-1-6(2-4-7)12-9(14)5-8(11-12)10(15)16/h1-5,11,13H,(H,15,16). The first-order valence-corrected chi connectivity index (χ1v) is 4.42. The van der Waals surface area contributed by atoms with Gasteiger partial charge >= 0.3 is 5.97 Å². The van der Waals surface area contributed by atoms with Crippen molar-refractivity contribution in [1.82, 2.24) is 9.78 Å². The highest BCUT2D eigenvalue weighted by molar-refractivity contribution is 5.85. The largest absolute Gasteiger partial charge is 0.508 e. The van der Waals surface area contributed by atoms with Gasteiger partial charge in [-0.05, 0) is 24.3 Å². The Balaban J connectivity index is 2.52. The number of H-pyrrole nitrogens is 1. The number of phenols is 1. The Hall–Kier alpha value is -2.50. The van der Waals surface area contributed by atoms with E-state index in [0.717, 1.165) is 10.7 Å². The second kappa shape index (κ2) is 3.58. The highest BCUT2D eigenvalue weighted by atomic mass is 16.4. The zero-order chi connectivity index (χ0) is 11.7. The van der Waals surface area contributed by atoms with E-state index in [1.807, 2.05) is 0 Å². The molecule has 1 heterocycles. The minimum absolute atomic E-state index is 0.0711. The molecule has 2 aromatic rings. The Morgan fingerprint density at radius 2 is 1.88 bits per heavy atom. The van der Waals surface area contributed by atoms with Crippen LogP contribution in [0.5, 0.6) is 5.75 Å². The lowest BCUT2D eigenvalue weighted by molar-refractivity contribution is 0.0690. The van der Waals surface area contributed by atoms with E-state index in [9.17, 15) is 9.59 Å². The van der Waals surface area contributed by atoms with E-state index in [4.69, 9.17) is 10.2 Å². The second-order valence-electron chi connectivity index (χ2n) is 3.17. The van der Waals surface area contributed by atoms with Crippen LogP contribution in [0.1, 0.15) is 10.5 Å². The first-order chi connectivity index (χ1) is 7.58. The molecule has 6 heteroatoms. The summed E-state index contributed by atoms with van der Waals surface area (Å²) >= 11 is 0. The van der Waals surface area contributed by atoms with Crippen molar-refractivity contribution >= 4 is 5.97 Å². The zero-order valence-electron chi connectivity index (χ0n) is 8.04. The van der Waals surface area contributed by atoms with Crippen LogP contribution in [0, 0.1) is 0 Å². The molecule has 0 spiro atoms. The Bertz CT molecular complexity index is 580. The van der Waals surface area contributed by atoms with Crippen LogP contribution in [-0.2, 0) is 0 Å². The van der Waals surface area contributed by atoms with E-state index < -0.39 is 11.5 Å². The fourth-order valence-electron chi connectivity index (χ4n) is 1.30. The van der Waals surface area contributed by atoms with Crippen molar-refractivity contribution in [2.75, 3.05) is 0 Å². The Labute approximate surface area is 89.4 Å². The van der Waals surface area contributed by atoms with Gasteiger partial charge in [0.25, 0.3) is 5.56 Å². The quantitative estimate of drug-likeness (QED) is 0.689. The summed E-state index contributed by atoms with van der Waals surface area (Å²) in [4.78, 5) is 22.1. The highest BCUT2D eigenvalue weighted by Gasteiger charge is 2.10. The van der Waals surface area contributed by atoms with Crippen molar-refractivity contribution in [1.29, 1.82) is 0 Å². The van der Waals surface area contributed by atoms with Gasteiger partial charge in [0.2, 0.25) is 0 Å². The Morgan fingerprint density at radius 1 is 1.25 bits per heavy atom. The number of rotatable bonds is 2. The van der Waals surface area contributed by atoms with Gasteiger partial charge in [0.1, 0.15) is 11.4 Å². The number of hydrogen-bond acceptors (Lipinski definition) is 3. The molecule has 2 rings (SSSR count). The molecular weight excluding hydrogens is 212 g/mol. The fourth-order valence-corrected chi connectivity index (χ4v) is 1.30. The zero-order valence-corrected chi connectivity index (χ0v) is 8.04. The third-order valence-electron chi connectivity index (χ3n) is 2.06. The molecule has 0 aliphatic carbocycles. The molecule has 3 N–H and O–H groups in total. The van der Waals surface area contributed by atoms with Gasteiger partial charge in [0.15, 0.2) is 0 Å². The maximum atomic E-state index is 11.4. The molecule has 0 saturated carbocycles. The monoisotopic (exact) mass is 220 g/mol. The molecule has 0 saturated heterocycles. The SMILES string of the molecule is O=C(O)c1cc(=O)n(-c2ccc(O)cc2)[nH]1. The third-order valence-corrected chi connectivity index (χ3v) is 2.06. The maximum absolute atomic E-state index is 11.4. The highest BCUT2D eigenvalue weighted by Crippen LogP contribution is 2.11. The predicted octanol–water partition coefficient (Wildman–Crippen LogP) is 0.569. The summed E-state index contributed by atoms with van der Waals surface area (Å²) in [7, 11) is 0. The number of nitrogens with zero attached hydrogens (tertiary/aromatic N) is 1. The van der Waals surface area contributed by atoms with Crippen LogP contribution in [-0.4, -0.2) is 26.0 Å². The van der Waals surface area contributed by atoms with Crippen molar-refractivity contribution in [3.8, 4) is 11.4 Å². The lowest BCUT2D eigenvalue weighted by Crippen LogP contribution is -2.13. The van der Waals surface area contributed by atoms with Crippen LogP contribution in [0.25, 0.3) is 5.69 Å². The molecule has 0 aliphatic rings. The van der Waals surface area contributed by atoms with Gasteiger partial charge in [-0.2, -0.15) is 0 Å². The number of aromatic carboxylic acids is 1. The number of carboxylic acid groups (broad SMARTS) is 1. The van der Waals surface area contributed by atoms with Crippen molar-refractivity contribution < 1.29 is 15.0 Å². The van der Waals surface area contributed by atoms with Crippen LogP contribution < -0.4 is 5.56 Å². The van der Waals surface area contributed by atoms with Crippen LogP contribution in [0.2, 0.25) is 0 Å². The van der Waals surface area contributed by atoms with Gasteiger partial charge in [-0.1, -0.05) is 0 Å². The van der Waals surface area contributed by atoms with Gasteiger partial charge in [0, 0.05) is 6.07 Å². The van der Waals surface area contributed by atoms with Crippen LogP contribution in [0.3, 0.4) is 0 Å². The number of aromatic nitrogens is 2. The number of carboxylic acids is 1. The van der Waals surface area contributed by atoms with Crippen molar-refractivity contribution in [2.45, 2.75) is 0 Å². The minimum Gasteiger partial charge on any atom is -0.508 e. The van der Waals surface area contributed by atoms with Gasteiger partial charge in [-0.3, -0.25) is 9.89 Å². The third kappa shape index (κ3) is 1.68. The van der Waals surface area contributed by atoms with Crippen LogP contribution >= 0.6 is 0 Å². The summed E-state index contributed by atoms with van der Waals surface area (Å²) < 4.78 is 1.09. The molecule has 0 unspecified atom stereocenters. The molecule has 0 amide bonds. The molecule has 0 fully saturated rings. The molecule has 0 bridgehead atoms. The molecule has 0 radical (unpaired) electrons. The Morgan fingerprint density at radius 3 is 2.38 bits per heavy atom. The second-order valence-corrected chi connectivity index (χ2v) is 3.17. The van der Waals surface area contributed by atoms with Crippen molar-refractivity contribution in [2.24, 2.45) is 0 Å². The molecule has 16 heavy (non-hydrogen) atoms. The first kappa shape index (κ1) is 10.0. The summed E-state index contributed by atoms with van der Waals surface area (Å²) in [5, 5.41) is 20.2. The van der Waals surface area contributed by atoms with Crippen molar-refractivity contribution in [3.05, 3.63) is 46.4 Å². The van der Waals surface area contributed by atoms with Gasteiger partial charge < -0.3 is 10.2 Å². The number of nitrogens with one attached hydrogen (secondary N) is 1. The van der Waals surface area contributed by atoms with E-state index in [1.165, 1.54) is 24.3 Å². The summed E-state index contributed by atoms with van der Waals surface area (Å²) in [6.07, 6.45) is 0. The molecule has 82 valence electrons. The number of aromatic hydroxyl groups is 1. The molecule has 1 aromatic carbocycles. The molecular formula is C10H8N2O4. The molecule has 0 aliphatic heterocycles. The average Bonchev–Trinajstić information content (AvgIpc) is 2.62. The van der Waals surface area contributed by atoms with E-state index in [2.05, 4.69) is 5.10 Å². The molecule has 6 nitrogen and oxygen atoms in total. The fraction of sp³-hybridized carbons (Fsp3) is 0. The number of aromatic amines is 1.